The number of imidazole rings is 1. The van der Waals surface area contributed by atoms with Gasteiger partial charge in [-0.05, 0) is 12.1 Å². The Balaban J connectivity index is 1.36. The van der Waals surface area contributed by atoms with Gasteiger partial charge >= 0.3 is 0 Å². The van der Waals surface area contributed by atoms with E-state index in [-0.39, 0.29) is 5.95 Å². The van der Waals surface area contributed by atoms with Crippen LogP contribution in [-0.4, -0.2) is 73.8 Å². The molecule has 0 amide bonds. The van der Waals surface area contributed by atoms with Crippen LogP contribution in [0.25, 0.3) is 16.9 Å². The number of hydrogen-bond donors (Lipinski definition) is 1. The van der Waals surface area contributed by atoms with Crippen LogP contribution in [0.3, 0.4) is 0 Å². The Morgan fingerprint density at radius 1 is 0.917 bits per heavy atom. The van der Waals surface area contributed by atoms with Gasteiger partial charge in [0, 0.05) is 82.1 Å². The molecule has 36 heavy (non-hydrogen) atoms. The van der Waals surface area contributed by atoms with Crippen molar-refractivity contribution in [1.29, 1.82) is 0 Å². The first kappa shape index (κ1) is 23.8. The fourth-order valence-electron chi connectivity index (χ4n) is 4.38. The van der Waals surface area contributed by atoms with Crippen molar-refractivity contribution in [2.45, 2.75) is 0 Å². The van der Waals surface area contributed by atoms with E-state index >= 15 is 0 Å². The largest absolute Gasteiger partial charge is 0.496 e. The molecule has 0 saturated carbocycles. The van der Waals surface area contributed by atoms with E-state index in [1.807, 2.05) is 47.9 Å². The Bertz CT molecular complexity index is 1400. The molecule has 10 nitrogen and oxygen atoms in total. The number of methoxy groups -OCH3 is 2. The second-order valence-corrected chi connectivity index (χ2v) is 9.18. The first-order valence-corrected chi connectivity index (χ1v) is 12.0. The molecule has 1 saturated heterocycles. The Labute approximate surface area is 214 Å². The highest BCUT2D eigenvalue weighted by Gasteiger charge is 2.21. The molecule has 5 rings (SSSR count). The lowest BCUT2D eigenvalue weighted by Gasteiger charge is -2.37. The van der Waals surface area contributed by atoms with Gasteiger partial charge in [0.1, 0.15) is 28.8 Å². The van der Waals surface area contributed by atoms with Gasteiger partial charge < -0.3 is 34.3 Å². The molecule has 188 valence electrons. The molecule has 1 aromatic carbocycles. The number of hydrogen-bond acceptors (Lipinski definition) is 9. The highest BCUT2D eigenvalue weighted by Crippen LogP contribution is 2.38. The van der Waals surface area contributed by atoms with E-state index in [0.717, 1.165) is 60.4 Å². The number of ether oxygens (including phenoxy) is 2. The topological polar surface area (TPSA) is 97.3 Å². The fraction of sp³-hybridized carbons (Fsp3) is 0.320. The summed E-state index contributed by atoms with van der Waals surface area (Å²) in [4.78, 5) is 20.1. The number of benzene rings is 1. The molecule has 0 unspecified atom stereocenters. The molecule has 0 spiro atoms. The summed E-state index contributed by atoms with van der Waals surface area (Å²) in [6.07, 6.45) is 4.00. The summed E-state index contributed by atoms with van der Waals surface area (Å²) in [6, 6.07) is 9.79. The van der Waals surface area contributed by atoms with Gasteiger partial charge in [0.25, 0.3) is 0 Å². The van der Waals surface area contributed by atoms with Crippen molar-refractivity contribution in [2.24, 2.45) is 0 Å². The predicted octanol–water partition coefficient (Wildman–Crippen LogP) is 3.44. The highest BCUT2D eigenvalue weighted by atomic mass is 35.5. The van der Waals surface area contributed by atoms with Crippen LogP contribution in [0.15, 0.2) is 42.7 Å². The summed E-state index contributed by atoms with van der Waals surface area (Å²) >= 11 is 6.38. The number of halogens is 1. The van der Waals surface area contributed by atoms with E-state index in [4.69, 9.17) is 31.8 Å². The van der Waals surface area contributed by atoms with Gasteiger partial charge in [0.2, 0.25) is 5.95 Å². The maximum atomic E-state index is 6.38. The number of nitrogens with two attached hydrogens (primary N) is 1. The number of aromatic nitrogens is 4. The minimum atomic E-state index is 0.286. The van der Waals surface area contributed by atoms with Crippen molar-refractivity contribution < 1.29 is 9.47 Å². The maximum absolute atomic E-state index is 6.38. The average Bonchev–Trinajstić information content (AvgIpc) is 3.31. The summed E-state index contributed by atoms with van der Waals surface area (Å²) in [5.41, 5.74) is 9.49. The third-order valence-corrected chi connectivity index (χ3v) is 6.63. The monoisotopic (exact) mass is 508 g/mol. The third kappa shape index (κ3) is 4.51. The first-order valence-electron chi connectivity index (χ1n) is 11.6. The van der Waals surface area contributed by atoms with E-state index < -0.39 is 0 Å². The minimum absolute atomic E-state index is 0.286. The summed E-state index contributed by atoms with van der Waals surface area (Å²) in [5, 5.41) is 0.507. The third-order valence-electron chi connectivity index (χ3n) is 6.34. The number of piperazine rings is 1. The van der Waals surface area contributed by atoms with Crippen molar-refractivity contribution in [2.75, 3.05) is 74.9 Å². The molecular weight excluding hydrogens is 480 g/mol. The molecular formula is C25H29ClN8O2. The summed E-state index contributed by atoms with van der Waals surface area (Å²) in [5.74, 6) is 3.15. The van der Waals surface area contributed by atoms with Gasteiger partial charge in [0.05, 0.1) is 24.9 Å². The van der Waals surface area contributed by atoms with Crippen molar-refractivity contribution in [1.82, 2.24) is 19.4 Å². The Morgan fingerprint density at radius 2 is 1.64 bits per heavy atom. The van der Waals surface area contributed by atoms with E-state index in [1.54, 1.807) is 20.3 Å². The first-order chi connectivity index (χ1) is 17.4. The van der Waals surface area contributed by atoms with Crippen LogP contribution in [0.1, 0.15) is 0 Å². The molecule has 0 bridgehead atoms. The SMILES string of the molecule is COc1cc(OC)c(-c2cn3ccc(N4CCN(c5cc(N(C)C)nc(N)n5)CC4)cc3n2)cc1Cl. The molecule has 1 fully saturated rings. The van der Waals surface area contributed by atoms with Crippen molar-refractivity contribution >= 4 is 40.5 Å². The lowest BCUT2D eigenvalue weighted by Crippen LogP contribution is -2.47. The number of anilines is 4. The van der Waals surface area contributed by atoms with Crippen LogP contribution < -0.4 is 29.9 Å². The van der Waals surface area contributed by atoms with E-state index in [1.165, 1.54) is 0 Å². The quantitative estimate of drug-likeness (QED) is 0.420. The van der Waals surface area contributed by atoms with Gasteiger partial charge in [-0.25, -0.2) is 4.98 Å². The fourth-order valence-corrected chi connectivity index (χ4v) is 4.62. The zero-order valence-corrected chi connectivity index (χ0v) is 21.5. The molecule has 11 heteroatoms. The lowest BCUT2D eigenvalue weighted by molar-refractivity contribution is 0.395. The summed E-state index contributed by atoms with van der Waals surface area (Å²) in [7, 11) is 7.09. The van der Waals surface area contributed by atoms with Crippen LogP contribution in [0.2, 0.25) is 5.02 Å². The van der Waals surface area contributed by atoms with Crippen molar-refractivity contribution in [3.63, 3.8) is 0 Å². The number of nitrogens with zero attached hydrogens (tertiary/aromatic N) is 7. The average molecular weight is 509 g/mol. The second kappa shape index (κ2) is 9.62. The van der Waals surface area contributed by atoms with E-state index in [9.17, 15) is 0 Å². The molecule has 4 aromatic rings. The van der Waals surface area contributed by atoms with Crippen LogP contribution in [0.4, 0.5) is 23.3 Å². The van der Waals surface area contributed by atoms with Crippen LogP contribution in [0, 0.1) is 0 Å². The Hall–Kier alpha value is -3.92. The zero-order chi connectivity index (χ0) is 25.4. The number of nitrogen functional groups attached to an aromatic ring is 1. The molecule has 3 aromatic heterocycles. The summed E-state index contributed by atoms with van der Waals surface area (Å²) in [6.45, 7) is 3.37. The standard InChI is InChI=1S/C25H29ClN8O2/c1-31(2)22-14-24(30-25(27)29-22)33-9-7-32(8-10-33)16-5-6-34-15-19(28-23(34)11-16)17-12-18(26)21(36-4)13-20(17)35-3/h5-6,11-15H,7-10H2,1-4H3,(H2,27,29,30). The Kier molecular flexibility index (Phi) is 6.36. The van der Waals surface area contributed by atoms with E-state index in [0.29, 0.717) is 16.5 Å². The number of pyridine rings is 1. The highest BCUT2D eigenvalue weighted by molar-refractivity contribution is 6.32. The van der Waals surface area contributed by atoms with Gasteiger partial charge in [-0.3, -0.25) is 0 Å². The molecule has 0 radical (unpaired) electrons. The number of fused-ring (bicyclic) bond motifs is 1. The zero-order valence-electron chi connectivity index (χ0n) is 20.8. The van der Waals surface area contributed by atoms with Gasteiger partial charge in [-0.15, -0.1) is 0 Å². The van der Waals surface area contributed by atoms with Crippen LogP contribution >= 0.6 is 11.6 Å². The Morgan fingerprint density at radius 3 is 2.33 bits per heavy atom. The minimum Gasteiger partial charge on any atom is -0.496 e. The molecule has 0 aliphatic carbocycles. The van der Waals surface area contributed by atoms with Gasteiger partial charge in [-0.2, -0.15) is 9.97 Å². The lowest BCUT2D eigenvalue weighted by atomic mass is 10.1. The maximum Gasteiger partial charge on any atom is 0.223 e. The smallest absolute Gasteiger partial charge is 0.223 e. The predicted molar refractivity (Wildman–Crippen MR) is 144 cm³/mol. The van der Waals surface area contributed by atoms with Crippen molar-refractivity contribution in [3.05, 3.63) is 47.7 Å². The summed E-state index contributed by atoms with van der Waals surface area (Å²) < 4.78 is 12.9. The van der Waals surface area contributed by atoms with Crippen LogP contribution in [0.5, 0.6) is 11.5 Å². The van der Waals surface area contributed by atoms with Crippen LogP contribution in [-0.2, 0) is 0 Å². The van der Waals surface area contributed by atoms with Crippen molar-refractivity contribution in [3.8, 4) is 22.8 Å². The second-order valence-electron chi connectivity index (χ2n) is 8.77. The normalized spacial score (nSPS) is 13.8. The van der Waals surface area contributed by atoms with Gasteiger partial charge in [0.15, 0.2) is 0 Å². The number of rotatable bonds is 6. The molecule has 1 aliphatic rings. The molecule has 1 aliphatic heterocycles. The molecule has 2 N–H and O–H groups in total. The molecule has 0 atom stereocenters. The van der Waals surface area contributed by atoms with E-state index in [2.05, 4.69) is 31.9 Å². The molecule has 4 heterocycles. The van der Waals surface area contributed by atoms with Gasteiger partial charge in [-0.1, -0.05) is 11.6 Å².